The smallest absolute Gasteiger partial charge is 0.215 e. The van der Waals surface area contributed by atoms with Crippen LogP contribution in [0.1, 0.15) is 42.6 Å². The quantitative estimate of drug-likeness (QED) is 0.721. The van der Waals surface area contributed by atoms with Crippen LogP contribution >= 0.6 is 11.3 Å². The molecule has 1 aromatic carbocycles. The van der Waals surface area contributed by atoms with Gasteiger partial charge in [-0.2, -0.15) is 0 Å². The van der Waals surface area contributed by atoms with Crippen molar-refractivity contribution in [2.75, 3.05) is 13.7 Å². The van der Waals surface area contributed by atoms with E-state index in [0.29, 0.717) is 25.0 Å². The molecule has 140 valence electrons. The Hall–Kier alpha value is -1.54. The molecule has 7 heteroatoms. The van der Waals surface area contributed by atoms with Gasteiger partial charge in [0.05, 0.1) is 23.2 Å². The van der Waals surface area contributed by atoms with Crippen molar-refractivity contribution in [3.8, 4) is 0 Å². The molecule has 0 bridgehead atoms. The Morgan fingerprint density at radius 1 is 1.31 bits per heavy atom. The molecule has 0 spiro atoms. The van der Waals surface area contributed by atoms with E-state index in [1.807, 2.05) is 12.3 Å². The zero-order chi connectivity index (χ0) is 18.9. The molecule has 2 heterocycles. The number of benzene rings is 1. The average Bonchev–Trinajstić information content (AvgIpc) is 3.13. The molecule has 0 unspecified atom stereocenters. The monoisotopic (exact) mass is 394 g/mol. The van der Waals surface area contributed by atoms with Crippen molar-refractivity contribution in [1.29, 1.82) is 0 Å². The minimum Gasteiger partial charge on any atom is -0.378 e. The van der Waals surface area contributed by atoms with E-state index in [9.17, 15) is 13.2 Å². The van der Waals surface area contributed by atoms with Gasteiger partial charge in [-0.25, -0.2) is 8.42 Å². The van der Waals surface area contributed by atoms with Crippen LogP contribution in [0, 0.1) is 0 Å². The van der Waals surface area contributed by atoms with Gasteiger partial charge in [0.15, 0.2) is 5.78 Å². The van der Waals surface area contributed by atoms with Gasteiger partial charge in [-0.15, -0.1) is 11.3 Å². The summed E-state index contributed by atoms with van der Waals surface area (Å²) >= 11 is 1.19. The molecule has 2 aromatic rings. The standard InChI is InChI=1S/C19H22O5S2/c1-13-11-19(23-3,8-9-24-13)16-10-18(25-12-16)26(21,22)17-6-4-15(5-7-17)14(2)20/h4-7,10,12-13H,8-9,11H2,1-3H3/t13-,19-/m0/s1. The van der Waals surface area contributed by atoms with Crippen molar-refractivity contribution in [3.63, 3.8) is 0 Å². The number of rotatable bonds is 5. The first kappa shape index (κ1) is 19.2. The topological polar surface area (TPSA) is 69.7 Å². The van der Waals surface area contributed by atoms with E-state index in [2.05, 4.69) is 0 Å². The molecule has 5 nitrogen and oxygen atoms in total. The zero-order valence-corrected chi connectivity index (χ0v) is 16.7. The van der Waals surface area contributed by atoms with Gasteiger partial charge >= 0.3 is 0 Å². The van der Waals surface area contributed by atoms with Crippen LogP contribution in [-0.4, -0.2) is 34.0 Å². The number of ether oxygens (including phenoxy) is 2. The third-order valence-corrected chi connectivity index (χ3v) is 8.06. The molecule has 0 amide bonds. The summed E-state index contributed by atoms with van der Waals surface area (Å²) in [5, 5.41) is 1.86. The lowest BCUT2D eigenvalue weighted by atomic mass is 9.85. The summed E-state index contributed by atoms with van der Waals surface area (Å²) in [5.74, 6) is -0.0944. The van der Waals surface area contributed by atoms with Gasteiger partial charge in [0.25, 0.3) is 0 Å². The number of hydrogen-bond acceptors (Lipinski definition) is 6. The van der Waals surface area contributed by atoms with Crippen molar-refractivity contribution < 1.29 is 22.7 Å². The summed E-state index contributed by atoms with van der Waals surface area (Å²) in [6.45, 7) is 4.03. The second-order valence-corrected chi connectivity index (χ2v) is 9.66. The third kappa shape index (κ3) is 3.49. The highest BCUT2D eigenvalue weighted by atomic mass is 32.2. The fourth-order valence-electron chi connectivity index (χ4n) is 3.30. The van der Waals surface area contributed by atoms with Crippen molar-refractivity contribution in [2.45, 2.75) is 47.5 Å². The second-order valence-electron chi connectivity index (χ2n) is 6.57. The Balaban J connectivity index is 1.94. The Kier molecular flexibility index (Phi) is 5.35. The molecule has 0 saturated carbocycles. The zero-order valence-electron chi connectivity index (χ0n) is 15.0. The van der Waals surface area contributed by atoms with Gasteiger partial charge < -0.3 is 9.47 Å². The Morgan fingerprint density at radius 3 is 2.58 bits per heavy atom. The molecule has 1 fully saturated rings. The maximum absolute atomic E-state index is 12.9. The maximum Gasteiger partial charge on any atom is 0.215 e. The molecular formula is C19H22O5S2. The summed E-state index contributed by atoms with van der Waals surface area (Å²) in [6.07, 6.45) is 1.44. The summed E-state index contributed by atoms with van der Waals surface area (Å²) in [5.41, 5.74) is 0.852. The number of hydrogen-bond donors (Lipinski definition) is 0. The van der Waals surface area contributed by atoms with Crippen LogP contribution < -0.4 is 0 Å². The average molecular weight is 395 g/mol. The molecule has 0 N–H and O–H groups in total. The van der Waals surface area contributed by atoms with Crippen molar-refractivity contribution in [2.24, 2.45) is 0 Å². The third-order valence-electron chi connectivity index (χ3n) is 4.85. The number of sulfone groups is 1. The Labute approximate surface area is 157 Å². The number of Topliss-reactive ketones (excluding diaryl/α,β-unsaturated/α-hetero) is 1. The van der Waals surface area contributed by atoms with Crippen LogP contribution in [0.25, 0.3) is 0 Å². The molecule has 3 rings (SSSR count). The second kappa shape index (κ2) is 7.23. The summed E-state index contributed by atoms with van der Waals surface area (Å²) < 4.78 is 37.5. The molecule has 26 heavy (non-hydrogen) atoms. The van der Waals surface area contributed by atoms with E-state index in [4.69, 9.17) is 9.47 Å². The maximum atomic E-state index is 12.9. The number of methoxy groups -OCH3 is 1. The predicted octanol–water partition coefficient (Wildman–Crippen LogP) is 3.82. The van der Waals surface area contributed by atoms with Crippen molar-refractivity contribution >= 4 is 27.0 Å². The first-order chi connectivity index (χ1) is 12.3. The number of carbonyl (C=O) groups is 1. The van der Waals surface area contributed by atoms with E-state index in [1.165, 1.54) is 30.4 Å². The summed E-state index contributed by atoms with van der Waals surface area (Å²) in [4.78, 5) is 11.6. The predicted molar refractivity (Wildman–Crippen MR) is 99.6 cm³/mol. The minimum atomic E-state index is -3.63. The molecule has 2 atom stereocenters. The SMILES string of the molecule is CO[C@@]1(c2csc(S(=O)(=O)c3ccc(C(C)=O)cc3)c2)CCO[C@@H](C)C1. The Bertz CT molecular complexity index is 898. The van der Waals surface area contributed by atoms with Gasteiger partial charge in [0, 0.05) is 25.5 Å². The number of carbonyl (C=O) groups excluding carboxylic acids is 1. The van der Waals surface area contributed by atoms with Crippen LogP contribution in [0.3, 0.4) is 0 Å². The van der Waals surface area contributed by atoms with Crippen molar-refractivity contribution in [1.82, 2.24) is 0 Å². The van der Waals surface area contributed by atoms with Crippen LogP contribution in [0.2, 0.25) is 0 Å². The fraction of sp³-hybridized carbons (Fsp3) is 0.421. The van der Waals surface area contributed by atoms with Crippen LogP contribution in [-0.2, 0) is 24.9 Å². The molecular weight excluding hydrogens is 372 g/mol. The number of thiophene rings is 1. The normalized spacial score (nSPS) is 23.7. The van der Waals surface area contributed by atoms with Gasteiger partial charge in [-0.1, -0.05) is 12.1 Å². The molecule has 0 radical (unpaired) electrons. The highest BCUT2D eigenvalue weighted by molar-refractivity contribution is 7.93. The van der Waals surface area contributed by atoms with Gasteiger partial charge in [-0.3, -0.25) is 4.79 Å². The van der Waals surface area contributed by atoms with E-state index in [-0.39, 0.29) is 21.0 Å². The lowest BCUT2D eigenvalue weighted by Gasteiger charge is -2.38. The van der Waals surface area contributed by atoms with E-state index in [1.54, 1.807) is 25.3 Å². The molecule has 1 aliphatic heterocycles. The minimum absolute atomic E-state index is 0.0581. The Morgan fingerprint density at radius 2 is 2.00 bits per heavy atom. The first-order valence-electron chi connectivity index (χ1n) is 8.40. The highest BCUT2D eigenvalue weighted by Crippen LogP contribution is 2.41. The van der Waals surface area contributed by atoms with Crippen LogP contribution in [0.5, 0.6) is 0 Å². The van der Waals surface area contributed by atoms with Gasteiger partial charge in [-0.05, 0) is 43.0 Å². The molecule has 1 aromatic heterocycles. The lowest BCUT2D eigenvalue weighted by Crippen LogP contribution is -2.38. The largest absolute Gasteiger partial charge is 0.378 e. The van der Waals surface area contributed by atoms with Crippen molar-refractivity contribution in [3.05, 3.63) is 46.8 Å². The highest BCUT2D eigenvalue weighted by Gasteiger charge is 2.39. The van der Waals surface area contributed by atoms with Gasteiger partial charge in [0.1, 0.15) is 4.21 Å². The van der Waals surface area contributed by atoms with Gasteiger partial charge in [0.2, 0.25) is 9.84 Å². The molecule has 1 aliphatic rings. The van der Waals surface area contributed by atoms with Crippen LogP contribution in [0.4, 0.5) is 0 Å². The summed E-state index contributed by atoms with van der Waals surface area (Å²) in [6, 6.07) is 7.75. The molecule has 1 saturated heterocycles. The van der Waals surface area contributed by atoms with Crippen LogP contribution in [0.15, 0.2) is 44.8 Å². The van der Waals surface area contributed by atoms with E-state index < -0.39 is 15.4 Å². The fourth-order valence-corrected chi connectivity index (χ4v) is 5.97. The first-order valence-corrected chi connectivity index (χ1v) is 10.8. The lowest BCUT2D eigenvalue weighted by molar-refractivity contribution is -0.122. The summed E-state index contributed by atoms with van der Waals surface area (Å²) in [7, 11) is -1.97. The van der Waals surface area contributed by atoms with E-state index in [0.717, 1.165) is 5.56 Å². The van der Waals surface area contributed by atoms with E-state index >= 15 is 0 Å². The molecule has 0 aliphatic carbocycles. The number of ketones is 1.